The highest BCUT2D eigenvalue weighted by Gasteiger charge is 2.03. The summed E-state index contributed by atoms with van der Waals surface area (Å²) in [6.45, 7) is 1.96. The molecule has 0 aliphatic rings. The van der Waals surface area contributed by atoms with Crippen LogP contribution < -0.4 is 11.5 Å². The molecule has 3 heteroatoms. The van der Waals surface area contributed by atoms with E-state index in [9.17, 15) is 0 Å². The van der Waals surface area contributed by atoms with Crippen LogP contribution in [0, 0.1) is 6.07 Å². The monoisotopic (exact) mass is 165 g/mol. The molecule has 1 rings (SSSR count). The zero-order chi connectivity index (χ0) is 9.14. The summed E-state index contributed by atoms with van der Waals surface area (Å²) in [7, 11) is 0. The van der Waals surface area contributed by atoms with E-state index in [1.165, 1.54) is 0 Å². The number of nitrogens with two attached hydrogens (primary N) is 2. The van der Waals surface area contributed by atoms with Crippen molar-refractivity contribution in [1.82, 2.24) is 0 Å². The highest BCUT2D eigenvalue weighted by Crippen LogP contribution is 2.20. The van der Waals surface area contributed by atoms with Gasteiger partial charge in [0.25, 0.3) is 0 Å². The lowest BCUT2D eigenvalue weighted by Crippen LogP contribution is -2.01. The molecule has 1 aromatic carbocycles. The third-order valence-electron chi connectivity index (χ3n) is 1.85. The number of benzene rings is 1. The molecule has 0 spiro atoms. The van der Waals surface area contributed by atoms with Gasteiger partial charge in [-0.15, -0.1) is 0 Å². The molecular weight excluding hydrogens is 152 g/mol. The van der Waals surface area contributed by atoms with Crippen LogP contribution in [0.25, 0.3) is 0 Å². The molecule has 0 amide bonds. The van der Waals surface area contributed by atoms with Gasteiger partial charge in [-0.3, -0.25) is 0 Å². The molecule has 0 heterocycles. The van der Waals surface area contributed by atoms with Crippen LogP contribution in [-0.4, -0.2) is 5.11 Å². The topological polar surface area (TPSA) is 72.3 Å². The van der Waals surface area contributed by atoms with Gasteiger partial charge in [-0.25, -0.2) is 0 Å². The van der Waals surface area contributed by atoms with Crippen molar-refractivity contribution in [3.8, 4) is 0 Å². The molecule has 0 bridgehead atoms. The summed E-state index contributed by atoms with van der Waals surface area (Å²) >= 11 is 0. The molecule has 0 saturated heterocycles. The van der Waals surface area contributed by atoms with Crippen molar-refractivity contribution in [2.75, 3.05) is 11.5 Å². The Labute approximate surface area is 72.0 Å². The van der Waals surface area contributed by atoms with Gasteiger partial charge >= 0.3 is 0 Å². The minimum Gasteiger partial charge on any atom is -0.397 e. The highest BCUT2D eigenvalue weighted by atomic mass is 16.3. The van der Waals surface area contributed by atoms with Crippen LogP contribution in [0.1, 0.15) is 18.1 Å². The summed E-state index contributed by atoms with van der Waals surface area (Å²) in [4.78, 5) is 0. The maximum Gasteiger partial charge on any atom is 0.0691 e. The summed E-state index contributed by atoms with van der Waals surface area (Å²) in [5.74, 6) is 0. The molecule has 1 aromatic rings. The zero-order valence-electron chi connectivity index (χ0n) is 7.09. The van der Waals surface area contributed by atoms with Crippen LogP contribution in [0.15, 0.2) is 6.07 Å². The number of nitrogen functional groups attached to an aromatic ring is 2. The fraction of sp³-hybridized carbons (Fsp3) is 0.333. The van der Waals surface area contributed by atoms with Crippen molar-refractivity contribution in [2.24, 2.45) is 0 Å². The fourth-order valence-electron chi connectivity index (χ4n) is 1.12. The average Bonchev–Trinajstić information content (AvgIpc) is 2.09. The first-order valence-electron chi connectivity index (χ1n) is 3.89. The number of rotatable bonds is 2. The maximum absolute atomic E-state index is 8.94. The van der Waals surface area contributed by atoms with Crippen LogP contribution in [0.3, 0.4) is 0 Å². The molecule has 3 nitrogen and oxygen atoms in total. The second-order valence-corrected chi connectivity index (χ2v) is 2.65. The molecule has 0 aromatic heterocycles. The summed E-state index contributed by atoms with van der Waals surface area (Å²) in [5.41, 5.74) is 13.8. The molecule has 0 atom stereocenters. The normalized spacial score (nSPS) is 10.2. The average molecular weight is 165 g/mol. The van der Waals surface area contributed by atoms with E-state index in [4.69, 9.17) is 16.6 Å². The number of hydrogen-bond acceptors (Lipinski definition) is 3. The number of aliphatic hydroxyl groups excluding tert-OH is 1. The second-order valence-electron chi connectivity index (χ2n) is 2.65. The lowest BCUT2D eigenvalue weighted by Gasteiger charge is -2.07. The van der Waals surface area contributed by atoms with Crippen molar-refractivity contribution in [1.29, 1.82) is 0 Å². The van der Waals surface area contributed by atoms with Crippen molar-refractivity contribution in [3.05, 3.63) is 23.3 Å². The number of aryl methyl sites for hydroxylation is 1. The molecule has 0 saturated carbocycles. The van der Waals surface area contributed by atoms with E-state index in [0.717, 1.165) is 17.5 Å². The Morgan fingerprint density at radius 3 is 2.67 bits per heavy atom. The van der Waals surface area contributed by atoms with Gasteiger partial charge in [0.05, 0.1) is 18.0 Å². The predicted molar refractivity (Wildman–Crippen MR) is 49.4 cm³/mol. The molecule has 5 N–H and O–H groups in total. The molecule has 12 heavy (non-hydrogen) atoms. The van der Waals surface area contributed by atoms with E-state index in [0.29, 0.717) is 11.4 Å². The van der Waals surface area contributed by atoms with Gasteiger partial charge in [0.2, 0.25) is 0 Å². The van der Waals surface area contributed by atoms with Crippen molar-refractivity contribution in [3.63, 3.8) is 0 Å². The summed E-state index contributed by atoms with van der Waals surface area (Å²) < 4.78 is 0. The maximum atomic E-state index is 8.94. The molecule has 1 radical (unpaired) electrons. The largest absolute Gasteiger partial charge is 0.397 e. The predicted octanol–water partition coefficient (Wildman–Crippen LogP) is 0.706. The quantitative estimate of drug-likeness (QED) is 0.565. The Morgan fingerprint density at radius 2 is 2.17 bits per heavy atom. The third-order valence-corrected chi connectivity index (χ3v) is 1.85. The van der Waals surface area contributed by atoms with Crippen molar-refractivity contribution < 1.29 is 5.11 Å². The van der Waals surface area contributed by atoms with Gasteiger partial charge in [0.1, 0.15) is 0 Å². The molecular formula is C9H13N2O. The van der Waals surface area contributed by atoms with Gasteiger partial charge in [0.15, 0.2) is 0 Å². The first-order chi connectivity index (χ1) is 5.69. The van der Waals surface area contributed by atoms with Crippen LogP contribution in [0.5, 0.6) is 0 Å². The van der Waals surface area contributed by atoms with Crippen LogP contribution >= 0.6 is 0 Å². The summed E-state index contributed by atoms with van der Waals surface area (Å²) in [6, 6.07) is 4.64. The van der Waals surface area contributed by atoms with Crippen molar-refractivity contribution >= 4 is 11.4 Å². The molecule has 0 fully saturated rings. The molecule has 0 unspecified atom stereocenters. The summed E-state index contributed by atoms with van der Waals surface area (Å²) in [6.07, 6.45) is 0.830. The van der Waals surface area contributed by atoms with E-state index in [1.54, 1.807) is 6.07 Å². The standard InChI is InChI=1S/C9H13N2O/c1-2-6-3-8(10)9(11)4-7(6)5-12/h3,12H,2,5,10-11H2,1H3. The number of anilines is 2. The van der Waals surface area contributed by atoms with Gasteiger partial charge in [-0.1, -0.05) is 6.92 Å². The Hall–Kier alpha value is -1.22. The third kappa shape index (κ3) is 1.51. The van der Waals surface area contributed by atoms with E-state index >= 15 is 0 Å². The van der Waals surface area contributed by atoms with Gasteiger partial charge < -0.3 is 16.6 Å². The number of aliphatic hydroxyl groups is 1. The fourth-order valence-corrected chi connectivity index (χ4v) is 1.12. The Bertz CT molecular complexity index is 255. The highest BCUT2D eigenvalue weighted by molar-refractivity contribution is 5.65. The lowest BCUT2D eigenvalue weighted by molar-refractivity contribution is 0.280. The zero-order valence-corrected chi connectivity index (χ0v) is 7.09. The Kier molecular flexibility index (Phi) is 2.55. The molecule has 0 aliphatic heterocycles. The molecule has 65 valence electrons. The summed E-state index contributed by atoms with van der Waals surface area (Å²) in [5, 5.41) is 8.94. The Balaban J connectivity index is 3.19. The molecule has 0 aliphatic carbocycles. The Morgan fingerprint density at radius 1 is 1.50 bits per heavy atom. The lowest BCUT2D eigenvalue weighted by atomic mass is 10.0. The SMILES string of the molecule is CCc1cc(N)c(N)[c]c1CO. The second kappa shape index (κ2) is 3.45. The number of hydrogen-bond donors (Lipinski definition) is 3. The van der Waals surface area contributed by atoms with Gasteiger partial charge in [0, 0.05) is 6.07 Å². The van der Waals surface area contributed by atoms with Gasteiger partial charge in [-0.05, 0) is 23.6 Å². The van der Waals surface area contributed by atoms with E-state index in [2.05, 4.69) is 6.07 Å². The van der Waals surface area contributed by atoms with Crippen molar-refractivity contribution in [2.45, 2.75) is 20.0 Å². The van der Waals surface area contributed by atoms with Crippen LogP contribution in [-0.2, 0) is 13.0 Å². The smallest absolute Gasteiger partial charge is 0.0691 e. The van der Waals surface area contributed by atoms with E-state index < -0.39 is 0 Å². The minimum absolute atomic E-state index is 0.0341. The van der Waals surface area contributed by atoms with Crippen LogP contribution in [0.4, 0.5) is 11.4 Å². The van der Waals surface area contributed by atoms with Gasteiger partial charge in [-0.2, -0.15) is 0 Å². The first-order valence-corrected chi connectivity index (χ1v) is 3.89. The first kappa shape index (κ1) is 8.87. The van der Waals surface area contributed by atoms with E-state index in [1.807, 2.05) is 6.92 Å². The van der Waals surface area contributed by atoms with E-state index in [-0.39, 0.29) is 6.61 Å². The minimum atomic E-state index is -0.0341. The van der Waals surface area contributed by atoms with Crippen LogP contribution in [0.2, 0.25) is 0 Å².